The summed E-state index contributed by atoms with van der Waals surface area (Å²) in [6.07, 6.45) is -8.96. The van der Waals surface area contributed by atoms with Gasteiger partial charge in [-0.3, -0.25) is 4.57 Å². The Morgan fingerprint density at radius 3 is 2.58 bits per heavy atom. The van der Waals surface area contributed by atoms with E-state index in [1.165, 1.54) is 17.8 Å². The van der Waals surface area contributed by atoms with Gasteiger partial charge in [-0.05, 0) is 44.4 Å². The predicted molar refractivity (Wildman–Crippen MR) is 121 cm³/mol. The van der Waals surface area contributed by atoms with Gasteiger partial charge < -0.3 is 10.1 Å². The van der Waals surface area contributed by atoms with Gasteiger partial charge in [-0.15, -0.1) is 0 Å². The molecule has 1 aromatic carbocycles. The molecule has 0 radical (unpaired) electrons. The Labute approximate surface area is 213 Å². The third-order valence-corrected chi connectivity index (χ3v) is 7.14. The van der Waals surface area contributed by atoms with E-state index in [9.17, 15) is 36.4 Å². The summed E-state index contributed by atoms with van der Waals surface area (Å²) in [6, 6.07) is 13.0. The van der Waals surface area contributed by atoms with Gasteiger partial charge in [0.1, 0.15) is 11.9 Å². The molecule has 13 heteroatoms. The Morgan fingerprint density at radius 1 is 1.29 bits per heavy atom. The first-order valence-corrected chi connectivity index (χ1v) is 11.7. The van der Waals surface area contributed by atoms with E-state index in [4.69, 9.17) is 4.74 Å². The zero-order chi connectivity index (χ0) is 27.8. The van der Waals surface area contributed by atoms with Gasteiger partial charge in [0.15, 0.2) is 0 Å². The molecule has 1 aliphatic carbocycles. The fraction of sp³-hybridized carbons (Fsp3) is 0.480. The molecule has 0 saturated carbocycles. The number of alkyl halides is 6. The van der Waals surface area contributed by atoms with E-state index >= 15 is 0 Å². The zero-order valence-electron chi connectivity index (χ0n) is 20.1. The molecule has 0 spiro atoms. The number of ether oxygens (including phenoxy) is 1. The predicted octanol–water partition coefficient (Wildman–Crippen LogP) is 4.07. The van der Waals surface area contributed by atoms with Crippen molar-refractivity contribution in [2.75, 3.05) is 13.2 Å². The minimum atomic E-state index is -4.94. The minimum Gasteiger partial charge on any atom is -0.376 e. The Balaban J connectivity index is 1.57. The fourth-order valence-electron chi connectivity index (χ4n) is 4.79. The lowest BCUT2D eigenvalue weighted by Crippen LogP contribution is -2.59. The third kappa shape index (κ3) is 5.35. The Bertz CT molecular complexity index is 1290. The summed E-state index contributed by atoms with van der Waals surface area (Å²) in [5, 5.41) is 19.1. The van der Waals surface area contributed by atoms with Crippen LogP contribution in [0.1, 0.15) is 31.7 Å². The second-order valence-electron chi connectivity index (χ2n) is 9.49. The summed E-state index contributed by atoms with van der Waals surface area (Å²) in [5.74, 6) is -1.18. The summed E-state index contributed by atoms with van der Waals surface area (Å²) in [5.41, 5.74) is -4.87. The topological polar surface area (TPSA) is 95.7 Å². The molecular formula is C25H23F6N5O2. The summed E-state index contributed by atoms with van der Waals surface area (Å²) in [6.45, 7) is 1.28. The number of nitrogens with one attached hydrogen (secondary N) is 2. The number of H-pyrrole nitrogens is 1. The quantitative estimate of drug-likeness (QED) is 0.540. The molecular weight excluding hydrogens is 516 g/mol. The van der Waals surface area contributed by atoms with Crippen molar-refractivity contribution in [1.29, 1.82) is 5.26 Å². The number of halogens is 6. The monoisotopic (exact) mass is 539 g/mol. The van der Waals surface area contributed by atoms with Crippen LogP contribution in [-0.4, -0.2) is 46.4 Å². The van der Waals surface area contributed by atoms with E-state index in [1.54, 1.807) is 18.2 Å². The number of hydrogen-bond donors (Lipinski definition) is 2. The summed E-state index contributed by atoms with van der Waals surface area (Å²) in [4.78, 5) is 12.2. The largest absolute Gasteiger partial charge is 0.416 e. The van der Waals surface area contributed by atoms with Crippen LogP contribution in [0.4, 0.5) is 26.3 Å². The van der Waals surface area contributed by atoms with E-state index in [-0.39, 0.29) is 32.1 Å². The lowest BCUT2D eigenvalue weighted by molar-refractivity contribution is -0.103. The van der Waals surface area contributed by atoms with Crippen molar-refractivity contribution in [3.8, 4) is 6.07 Å². The molecule has 1 unspecified atom stereocenters. The van der Waals surface area contributed by atoms with Crippen LogP contribution in [0.5, 0.6) is 0 Å². The highest BCUT2D eigenvalue weighted by Gasteiger charge is 2.47. The van der Waals surface area contributed by atoms with Crippen molar-refractivity contribution in [2.24, 2.45) is 5.92 Å². The van der Waals surface area contributed by atoms with Crippen LogP contribution in [0.2, 0.25) is 0 Å². The van der Waals surface area contributed by atoms with E-state index in [2.05, 4.69) is 33.7 Å². The van der Waals surface area contributed by atoms with Gasteiger partial charge in [0.25, 0.3) is 0 Å². The molecule has 1 fully saturated rings. The highest BCUT2D eigenvalue weighted by atomic mass is 19.4. The van der Waals surface area contributed by atoms with E-state index in [1.807, 2.05) is 0 Å². The number of nitrogens with zero attached hydrogens (tertiary/aromatic N) is 3. The molecule has 2 aromatic rings. The number of aromatic amines is 1. The maximum atomic E-state index is 13.4. The molecule has 7 nitrogen and oxygen atoms in total. The Hall–Kier alpha value is -3.55. The second kappa shape index (κ2) is 9.97. The van der Waals surface area contributed by atoms with Gasteiger partial charge >= 0.3 is 18.0 Å². The number of rotatable bonds is 6. The molecule has 2 heterocycles. The van der Waals surface area contributed by atoms with Gasteiger partial charge in [0.2, 0.25) is 0 Å². The molecule has 0 amide bonds. The molecule has 38 heavy (non-hydrogen) atoms. The number of piperidine rings is 1. The van der Waals surface area contributed by atoms with Gasteiger partial charge in [-0.2, -0.15) is 36.7 Å². The number of aromatic nitrogens is 3. The normalized spacial score (nSPS) is 27.1. The molecule has 1 aromatic heterocycles. The van der Waals surface area contributed by atoms with Crippen molar-refractivity contribution in [3.05, 3.63) is 76.0 Å². The smallest absolute Gasteiger partial charge is 0.376 e. The summed E-state index contributed by atoms with van der Waals surface area (Å²) < 4.78 is 87.3. The fourth-order valence-corrected chi connectivity index (χ4v) is 4.79. The van der Waals surface area contributed by atoms with Crippen LogP contribution in [0.25, 0.3) is 0 Å². The molecule has 1 saturated heterocycles. The van der Waals surface area contributed by atoms with E-state index < -0.39 is 58.7 Å². The van der Waals surface area contributed by atoms with Crippen LogP contribution < -0.4 is 11.0 Å². The van der Waals surface area contributed by atoms with Crippen molar-refractivity contribution in [3.63, 3.8) is 0 Å². The van der Waals surface area contributed by atoms with Crippen molar-refractivity contribution in [2.45, 2.75) is 55.7 Å². The standard InChI is InChI=1S/C25H23F6N5O2/c1-16(17-9-19(24(26,27)28)11-20(10-17)25(29,30)31)38-14-23(18-5-3-2-4-6-18)8-7-22(12-32,13-33-23)36-15-34-35-21(36)37/h2-3,5,9,11,15-17,33H,7-8,10,13-14H2,1H3,(H,35,37)/t16-,17?,22-,23-/m1/s1. The Kier molecular flexibility index (Phi) is 7.21. The van der Waals surface area contributed by atoms with Gasteiger partial charge in [0.05, 0.1) is 29.9 Å². The highest BCUT2D eigenvalue weighted by molar-refractivity contribution is 5.35. The molecule has 1 aliphatic heterocycles. The highest BCUT2D eigenvalue weighted by Crippen LogP contribution is 2.42. The van der Waals surface area contributed by atoms with Crippen molar-refractivity contribution in [1.82, 2.24) is 20.1 Å². The SMILES string of the molecule is C[C@@H](OC[C@@]1(c2c#cccc2)CC[C@](C#N)(n2cn[nH]c2=O)CN1)C1C=C(C(F)(F)F)C=C(C(F)(F)F)C1. The molecule has 202 valence electrons. The van der Waals surface area contributed by atoms with Gasteiger partial charge in [-0.1, -0.05) is 24.3 Å². The van der Waals surface area contributed by atoms with Crippen LogP contribution >= 0.6 is 0 Å². The lowest BCUT2D eigenvalue weighted by atomic mass is 9.77. The lowest BCUT2D eigenvalue weighted by Gasteiger charge is -2.44. The van der Waals surface area contributed by atoms with E-state index in [0.29, 0.717) is 5.56 Å². The average molecular weight is 539 g/mol. The minimum absolute atomic E-state index is 0.00801. The number of hydrogen-bond acceptors (Lipinski definition) is 5. The molecule has 0 bridgehead atoms. The zero-order valence-corrected chi connectivity index (χ0v) is 20.1. The van der Waals surface area contributed by atoms with Gasteiger partial charge in [-0.25, -0.2) is 9.89 Å². The first-order valence-electron chi connectivity index (χ1n) is 11.7. The second-order valence-corrected chi connectivity index (χ2v) is 9.49. The summed E-state index contributed by atoms with van der Waals surface area (Å²) in [7, 11) is 0. The summed E-state index contributed by atoms with van der Waals surface area (Å²) >= 11 is 0. The number of allylic oxidation sites excluding steroid dienone is 3. The van der Waals surface area contributed by atoms with Crippen LogP contribution in [0.15, 0.2) is 52.6 Å². The molecule has 2 aliphatic rings. The van der Waals surface area contributed by atoms with Crippen LogP contribution in [0.3, 0.4) is 0 Å². The van der Waals surface area contributed by atoms with Crippen molar-refractivity contribution < 1.29 is 31.1 Å². The van der Waals surface area contributed by atoms with Crippen molar-refractivity contribution >= 4 is 0 Å². The van der Waals surface area contributed by atoms with Crippen LogP contribution in [0, 0.1) is 29.4 Å². The Morgan fingerprint density at radius 2 is 2.05 bits per heavy atom. The van der Waals surface area contributed by atoms with Gasteiger partial charge in [0, 0.05) is 23.6 Å². The average Bonchev–Trinajstić information content (AvgIpc) is 3.33. The van der Waals surface area contributed by atoms with E-state index in [0.717, 1.165) is 6.08 Å². The number of nitriles is 1. The molecule has 2 N–H and O–H groups in total. The third-order valence-electron chi connectivity index (χ3n) is 7.14. The maximum Gasteiger partial charge on any atom is 0.416 e. The maximum absolute atomic E-state index is 13.4. The van der Waals surface area contributed by atoms with Crippen LogP contribution in [-0.2, 0) is 15.8 Å². The molecule has 4 atom stereocenters. The first kappa shape index (κ1) is 27.5. The first-order chi connectivity index (χ1) is 17.8. The molecule has 4 rings (SSSR count).